The molecule has 0 spiro atoms. The van der Waals surface area contributed by atoms with Crippen LogP contribution in [0.2, 0.25) is 0 Å². The van der Waals surface area contributed by atoms with Crippen LogP contribution in [0.3, 0.4) is 0 Å². The van der Waals surface area contributed by atoms with E-state index < -0.39 is 28.0 Å². The number of amides is 3. The third-order valence-corrected chi connectivity index (χ3v) is 4.92. The summed E-state index contributed by atoms with van der Waals surface area (Å²) < 4.78 is 22.6. The van der Waals surface area contributed by atoms with Crippen LogP contribution in [0, 0.1) is 0 Å². The van der Waals surface area contributed by atoms with Crippen molar-refractivity contribution in [3.05, 3.63) is 65.7 Å². The molecule has 0 fully saturated rings. The molecule has 0 aliphatic heterocycles. The second kappa shape index (κ2) is 9.26. The zero-order valence-electron chi connectivity index (χ0n) is 14.9. The van der Waals surface area contributed by atoms with Crippen molar-refractivity contribution in [3.63, 3.8) is 0 Å². The van der Waals surface area contributed by atoms with Gasteiger partial charge in [-0.15, -0.1) is 0 Å². The minimum absolute atomic E-state index is 0.0577. The van der Waals surface area contributed by atoms with E-state index in [1.165, 1.54) is 19.2 Å². The summed E-state index contributed by atoms with van der Waals surface area (Å²) in [6, 6.07) is 14.3. The number of quaternary nitrogens is 1. The number of hydrogen-bond acceptors (Lipinski definition) is 4. The second-order valence-electron chi connectivity index (χ2n) is 5.92. The topological polar surface area (TPSA) is 135 Å². The lowest BCUT2D eigenvalue weighted by atomic mass is 10.1. The van der Waals surface area contributed by atoms with Crippen LogP contribution in [0.1, 0.15) is 17.2 Å². The number of urea groups is 1. The Morgan fingerprint density at radius 1 is 1.07 bits per heavy atom. The molecule has 0 aliphatic carbocycles. The molecule has 0 bridgehead atoms. The molecule has 8 nitrogen and oxygen atoms in total. The van der Waals surface area contributed by atoms with E-state index in [9.17, 15) is 18.0 Å². The minimum atomic E-state index is -3.71. The molecule has 2 aromatic carbocycles. The molecule has 2 aromatic rings. The van der Waals surface area contributed by atoms with Gasteiger partial charge in [-0.1, -0.05) is 42.5 Å². The lowest BCUT2D eigenvalue weighted by Gasteiger charge is -2.15. The highest BCUT2D eigenvalue weighted by Gasteiger charge is 2.25. The highest BCUT2D eigenvalue weighted by molar-refractivity contribution is 7.89. The van der Waals surface area contributed by atoms with E-state index in [0.717, 1.165) is 11.1 Å². The molecule has 0 aliphatic rings. The molecule has 9 heteroatoms. The molecular weight excluding hydrogens is 368 g/mol. The van der Waals surface area contributed by atoms with Crippen molar-refractivity contribution >= 4 is 22.0 Å². The molecule has 6 N–H and O–H groups in total. The number of rotatable bonds is 7. The van der Waals surface area contributed by atoms with Crippen LogP contribution < -0.4 is 21.1 Å². The maximum atomic E-state index is 12.4. The Morgan fingerprint density at radius 2 is 1.70 bits per heavy atom. The molecule has 27 heavy (non-hydrogen) atoms. The molecular formula is C18H23N4O4S+. The molecule has 0 aromatic heterocycles. The zero-order valence-corrected chi connectivity index (χ0v) is 15.7. The van der Waals surface area contributed by atoms with Gasteiger partial charge in [0.15, 0.2) is 6.04 Å². The number of primary sulfonamides is 1. The van der Waals surface area contributed by atoms with Gasteiger partial charge in [-0.05, 0) is 17.7 Å². The van der Waals surface area contributed by atoms with Gasteiger partial charge in [-0.25, -0.2) is 18.4 Å². The Bertz CT molecular complexity index is 883. The Labute approximate surface area is 158 Å². The normalized spacial score (nSPS) is 12.2. The number of carbonyl (C=O) groups excluding carboxylic acids is 2. The van der Waals surface area contributed by atoms with Gasteiger partial charge in [0, 0.05) is 19.0 Å². The van der Waals surface area contributed by atoms with E-state index in [4.69, 9.17) is 5.14 Å². The maximum absolute atomic E-state index is 12.4. The first kappa shape index (κ1) is 20.6. The molecule has 0 unspecified atom stereocenters. The summed E-state index contributed by atoms with van der Waals surface area (Å²) in [5.74, 6) is -0.412. The Morgan fingerprint density at radius 3 is 2.26 bits per heavy atom. The maximum Gasteiger partial charge on any atom is 0.321 e. The average molecular weight is 391 g/mol. The number of sulfonamides is 1. The van der Waals surface area contributed by atoms with Crippen LogP contribution in [-0.2, 0) is 21.2 Å². The fraction of sp³-hybridized carbons (Fsp3) is 0.222. The highest BCUT2D eigenvalue weighted by Crippen LogP contribution is 2.10. The van der Waals surface area contributed by atoms with E-state index in [2.05, 4.69) is 10.6 Å². The summed E-state index contributed by atoms with van der Waals surface area (Å²) in [7, 11) is -2.27. The van der Waals surface area contributed by atoms with E-state index >= 15 is 0 Å². The molecule has 1 atom stereocenters. The van der Waals surface area contributed by atoms with Gasteiger partial charge >= 0.3 is 6.03 Å². The number of nitrogens with one attached hydrogen (secondary N) is 2. The first-order valence-electron chi connectivity index (χ1n) is 8.34. The predicted molar refractivity (Wildman–Crippen MR) is 100 cm³/mol. The molecule has 0 radical (unpaired) electrons. The SMILES string of the molecule is CNC(=O)NC(=O)[C@@H]([NH2+]CCc1ccc(S(N)(=O)=O)cc1)c1ccccc1. The van der Waals surface area contributed by atoms with Gasteiger partial charge in [0.05, 0.1) is 11.4 Å². The third kappa shape index (κ3) is 6.17. The smallest absolute Gasteiger partial charge is 0.321 e. The summed E-state index contributed by atoms with van der Waals surface area (Å²) in [6.07, 6.45) is 0.613. The molecule has 0 saturated heterocycles. The quantitative estimate of drug-likeness (QED) is 0.512. The van der Waals surface area contributed by atoms with Gasteiger partial charge < -0.3 is 10.6 Å². The van der Waals surface area contributed by atoms with Gasteiger partial charge in [0.2, 0.25) is 10.0 Å². The summed E-state index contributed by atoms with van der Waals surface area (Å²) in [5, 5.41) is 11.6. The van der Waals surface area contributed by atoms with E-state index in [-0.39, 0.29) is 4.90 Å². The van der Waals surface area contributed by atoms with Crippen molar-refractivity contribution in [2.24, 2.45) is 5.14 Å². The largest absolute Gasteiger partial charge is 0.341 e. The van der Waals surface area contributed by atoms with E-state index in [1.54, 1.807) is 12.1 Å². The monoisotopic (exact) mass is 391 g/mol. The lowest BCUT2D eigenvalue weighted by Crippen LogP contribution is -2.88. The Hall–Kier alpha value is -2.75. The highest BCUT2D eigenvalue weighted by atomic mass is 32.2. The number of nitrogens with two attached hydrogens (primary N) is 2. The number of carbonyl (C=O) groups is 2. The van der Waals surface area contributed by atoms with Gasteiger partial charge in [-0.3, -0.25) is 10.1 Å². The van der Waals surface area contributed by atoms with Crippen molar-refractivity contribution in [1.82, 2.24) is 10.6 Å². The fourth-order valence-electron chi connectivity index (χ4n) is 2.57. The summed E-state index contributed by atoms with van der Waals surface area (Å²) in [6.45, 7) is 0.565. The third-order valence-electron chi connectivity index (χ3n) is 3.99. The fourth-order valence-corrected chi connectivity index (χ4v) is 3.08. The summed E-state index contributed by atoms with van der Waals surface area (Å²) in [5.41, 5.74) is 1.70. The standard InChI is InChI=1S/C18H22N4O4S/c1-20-18(24)22-17(23)16(14-5-3-2-4-6-14)21-12-11-13-7-9-15(10-8-13)27(19,25)26/h2-10,16,21H,11-12H2,1H3,(H2,19,25,26)(H2,20,22,23,24)/p+1/t16-/m0/s1. The lowest BCUT2D eigenvalue weighted by molar-refractivity contribution is -0.682. The zero-order chi connectivity index (χ0) is 19.9. The number of benzene rings is 2. The van der Waals surface area contributed by atoms with Gasteiger partial charge in [0.25, 0.3) is 5.91 Å². The van der Waals surface area contributed by atoms with Crippen molar-refractivity contribution in [2.45, 2.75) is 17.4 Å². The van der Waals surface area contributed by atoms with Gasteiger partial charge in [-0.2, -0.15) is 0 Å². The van der Waals surface area contributed by atoms with E-state index in [1.807, 2.05) is 35.6 Å². The van der Waals surface area contributed by atoms with E-state index in [0.29, 0.717) is 13.0 Å². The number of hydrogen-bond donors (Lipinski definition) is 4. The van der Waals surface area contributed by atoms with Crippen molar-refractivity contribution in [1.29, 1.82) is 0 Å². The Balaban J connectivity index is 2.03. The molecule has 0 heterocycles. The predicted octanol–water partition coefficient (Wildman–Crippen LogP) is -0.363. The molecule has 0 saturated carbocycles. The van der Waals surface area contributed by atoms with Crippen molar-refractivity contribution < 1.29 is 23.3 Å². The summed E-state index contributed by atoms with van der Waals surface area (Å²) in [4.78, 5) is 23.9. The van der Waals surface area contributed by atoms with Gasteiger partial charge in [0.1, 0.15) is 0 Å². The first-order valence-corrected chi connectivity index (χ1v) is 9.88. The number of imide groups is 1. The summed E-state index contributed by atoms with van der Waals surface area (Å²) >= 11 is 0. The molecule has 2 rings (SSSR count). The molecule has 3 amide bonds. The first-order chi connectivity index (χ1) is 12.8. The Kier molecular flexibility index (Phi) is 7.05. The van der Waals surface area contributed by atoms with Crippen LogP contribution >= 0.6 is 0 Å². The van der Waals surface area contributed by atoms with Crippen molar-refractivity contribution in [2.75, 3.05) is 13.6 Å². The van der Waals surface area contributed by atoms with Crippen LogP contribution in [0.15, 0.2) is 59.5 Å². The second-order valence-corrected chi connectivity index (χ2v) is 7.48. The van der Waals surface area contributed by atoms with Crippen LogP contribution in [0.4, 0.5) is 4.79 Å². The van der Waals surface area contributed by atoms with Crippen molar-refractivity contribution in [3.8, 4) is 0 Å². The van der Waals surface area contributed by atoms with Crippen LogP contribution in [0.5, 0.6) is 0 Å². The average Bonchev–Trinajstić information content (AvgIpc) is 2.65. The molecule has 144 valence electrons. The van der Waals surface area contributed by atoms with Crippen LogP contribution in [0.25, 0.3) is 0 Å². The van der Waals surface area contributed by atoms with Crippen LogP contribution in [-0.4, -0.2) is 33.9 Å². The minimum Gasteiger partial charge on any atom is -0.341 e.